The van der Waals surface area contributed by atoms with Crippen LogP contribution in [0, 0.1) is 0 Å². The van der Waals surface area contributed by atoms with E-state index in [1.54, 1.807) is 32.9 Å². The summed E-state index contributed by atoms with van der Waals surface area (Å²) in [5.41, 5.74) is 6.65. The highest BCUT2D eigenvalue weighted by atomic mass is 16.6. The van der Waals surface area contributed by atoms with Crippen molar-refractivity contribution in [3.8, 4) is 0 Å². The predicted molar refractivity (Wildman–Crippen MR) is 102 cm³/mol. The number of benzene rings is 1. The summed E-state index contributed by atoms with van der Waals surface area (Å²) in [6.45, 7) is 5.56. The van der Waals surface area contributed by atoms with Gasteiger partial charge in [0, 0.05) is 18.7 Å². The summed E-state index contributed by atoms with van der Waals surface area (Å²) < 4.78 is 9.77. The third kappa shape index (κ3) is 9.48. The van der Waals surface area contributed by atoms with Crippen LogP contribution in [0.15, 0.2) is 24.3 Å². The average Bonchev–Trinajstić information content (AvgIpc) is 2.58. The van der Waals surface area contributed by atoms with Crippen molar-refractivity contribution < 1.29 is 23.9 Å². The molecule has 0 saturated carbocycles. The van der Waals surface area contributed by atoms with Gasteiger partial charge in [0.15, 0.2) is 0 Å². The second kappa shape index (κ2) is 10.4. The van der Waals surface area contributed by atoms with E-state index < -0.39 is 23.7 Å². The quantitative estimate of drug-likeness (QED) is 0.468. The van der Waals surface area contributed by atoms with Crippen molar-refractivity contribution in [2.45, 2.75) is 51.7 Å². The number of nitrogen functional groups attached to an aromatic ring is 1. The van der Waals surface area contributed by atoms with E-state index in [9.17, 15) is 14.4 Å². The Morgan fingerprint density at radius 3 is 2.33 bits per heavy atom. The molecular weight excluding hydrogens is 350 g/mol. The van der Waals surface area contributed by atoms with Crippen molar-refractivity contribution in [1.82, 2.24) is 10.6 Å². The molecule has 0 fully saturated rings. The molecule has 150 valence electrons. The van der Waals surface area contributed by atoms with Crippen molar-refractivity contribution >= 4 is 23.7 Å². The first-order chi connectivity index (χ1) is 12.6. The standard InChI is InChI=1S/C19H29N3O5/c1-19(2,3)27-18(25)22-15(9-10-16(23)26-4)17(24)21-12-11-13-5-7-14(20)8-6-13/h5-8,15H,9-12,20H2,1-4H3,(H,21,24)(H,22,25)/t15-/m0/s1. The van der Waals surface area contributed by atoms with Crippen LogP contribution in [0.4, 0.5) is 10.5 Å². The Morgan fingerprint density at radius 1 is 1.15 bits per heavy atom. The van der Waals surface area contributed by atoms with Gasteiger partial charge in [0.2, 0.25) is 5.91 Å². The first-order valence-corrected chi connectivity index (χ1v) is 8.79. The van der Waals surface area contributed by atoms with E-state index in [0.717, 1.165) is 5.56 Å². The van der Waals surface area contributed by atoms with Crippen LogP contribution in [0.5, 0.6) is 0 Å². The Hall–Kier alpha value is -2.77. The fourth-order valence-electron chi connectivity index (χ4n) is 2.22. The number of carbonyl (C=O) groups is 3. The summed E-state index contributed by atoms with van der Waals surface area (Å²) in [6.07, 6.45) is 0.00972. The Labute approximate surface area is 159 Å². The van der Waals surface area contributed by atoms with Crippen molar-refractivity contribution in [2.75, 3.05) is 19.4 Å². The number of amides is 2. The van der Waals surface area contributed by atoms with Gasteiger partial charge in [-0.2, -0.15) is 0 Å². The van der Waals surface area contributed by atoms with Crippen LogP contribution in [0.25, 0.3) is 0 Å². The van der Waals surface area contributed by atoms with E-state index in [2.05, 4.69) is 15.4 Å². The molecule has 0 aliphatic heterocycles. The molecule has 27 heavy (non-hydrogen) atoms. The Balaban J connectivity index is 2.60. The lowest BCUT2D eigenvalue weighted by molar-refractivity contribution is -0.141. The molecule has 1 atom stereocenters. The third-order valence-electron chi connectivity index (χ3n) is 3.56. The number of hydrogen-bond donors (Lipinski definition) is 3. The zero-order valence-electron chi connectivity index (χ0n) is 16.3. The lowest BCUT2D eigenvalue weighted by Gasteiger charge is -2.23. The molecule has 0 spiro atoms. The lowest BCUT2D eigenvalue weighted by Crippen LogP contribution is -2.48. The van der Waals surface area contributed by atoms with Crippen LogP contribution in [-0.4, -0.2) is 43.3 Å². The minimum atomic E-state index is -0.898. The monoisotopic (exact) mass is 379 g/mol. The summed E-state index contributed by atoms with van der Waals surface area (Å²) in [5.74, 6) is -0.846. The van der Waals surface area contributed by atoms with Crippen LogP contribution in [0.1, 0.15) is 39.2 Å². The second-order valence-corrected chi connectivity index (χ2v) is 7.10. The number of methoxy groups -OCH3 is 1. The van der Waals surface area contributed by atoms with E-state index in [-0.39, 0.29) is 18.7 Å². The topological polar surface area (TPSA) is 120 Å². The molecule has 0 radical (unpaired) electrons. The van der Waals surface area contributed by atoms with E-state index >= 15 is 0 Å². The summed E-state index contributed by atoms with van der Waals surface area (Å²) in [4.78, 5) is 35.8. The maximum atomic E-state index is 12.4. The molecular formula is C19H29N3O5. The second-order valence-electron chi connectivity index (χ2n) is 7.10. The van der Waals surface area contributed by atoms with Crippen molar-refractivity contribution in [3.63, 3.8) is 0 Å². The number of alkyl carbamates (subject to hydrolysis) is 1. The fourth-order valence-corrected chi connectivity index (χ4v) is 2.22. The Morgan fingerprint density at radius 2 is 1.78 bits per heavy atom. The fraction of sp³-hybridized carbons (Fsp3) is 0.526. The van der Waals surface area contributed by atoms with Gasteiger partial charge in [-0.1, -0.05) is 12.1 Å². The van der Waals surface area contributed by atoms with Crippen LogP contribution < -0.4 is 16.4 Å². The SMILES string of the molecule is COC(=O)CC[C@H](NC(=O)OC(C)(C)C)C(=O)NCCc1ccc(N)cc1. The smallest absolute Gasteiger partial charge is 0.408 e. The third-order valence-corrected chi connectivity index (χ3v) is 3.56. The molecule has 0 bridgehead atoms. The van der Waals surface area contributed by atoms with Crippen LogP contribution in [-0.2, 0) is 25.5 Å². The molecule has 2 amide bonds. The number of ether oxygens (including phenoxy) is 2. The van der Waals surface area contributed by atoms with Crippen molar-refractivity contribution in [1.29, 1.82) is 0 Å². The number of nitrogens with one attached hydrogen (secondary N) is 2. The van der Waals surface area contributed by atoms with Crippen molar-refractivity contribution in [2.24, 2.45) is 0 Å². The molecule has 0 aromatic heterocycles. The van der Waals surface area contributed by atoms with Gasteiger partial charge in [-0.15, -0.1) is 0 Å². The molecule has 1 aromatic rings. The number of anilines is 1. The summed E-state index contributed by atoms with van der Waals surface area (Å²) in [5, 5.41) is 5.27. The largest absolute Gasteiger partial charge is 0.469 e. The van der Waals surface area contributed by atoms with Gasteiger partial charge in [0.05, 0.1) is 7.11 Å². The molecule has 0 unspecified atom stereocenters. The normalized spacial score (nSPS) is 12.0. The highest BCUT2D eigenvalue weighted by Gasteiger charge is 2.25. The van der Waals surface area contributed by atoms with Gasteiger partial charge in [-0.25, -0.2) is 4.79 Å². The molecule has 0 aliphatic rings. The van der Waals surface area contributed by atoms with Gasteiger partial charge >= 0.3 is 12.1 Å². The molecule has 8 heteroatoms. The van der Waals surface area contributed by atoms with E-state index in [4.69, 9.17) is 10.5 Å². The highest BCUT2D eigenvalue weighted by Crippen LogP contribution is 2.09. The van der Waals surface area contributed by atoms with Gasteiger partial charge in [0.25, 0.3) is 0 Å². The number of rotatable bonds is 8. The van der Waals surface area contributed by atoms with Gasteiger partial charge in [-0.05, 0) is 51.3 Å². The molecule has 0 saturated heterocycles. The molecule has 0 aliphatic carbocycles. The lowest BCUT2D eigenvalue weighted by atomic mass is 10.1. The number of esters is 1. The van der Waals surface area contributed by atoms with E-state index in [1.807, 2.05) is 12.1 Å². The van der Waals surface area contributed by atoms with Crippen LogP contribution in [0.3, 0.4) is 0 Å². The first-order valence-electron chi connectivity index (χ1n) is 8.79. The minimum absolute atomic E-state index is 0.00233. The zero-order valence-corrected chi connectivity index (χ0v) is 16.3. The molecule has 4 N–H and O–H groups in total. The summed E-state index contributed by atoms with van der Waals surface area (Å²) >= 11 is 0. The van der Waals surface area contributed by atoms with Crippen LogP contribution >= 0.6 is 0 Å². The van der Waals surface area contributed by atoms with E-state index in [1.165, 1.54) is 7.11 Å². The highest BCUT2D eigenvalue weighted by molar-refractivity contribution is 5.86. The Kier molecular flexibility index (Phi) is 8.58. The zero-order chi connectivity index (χ0) is 20.4. The van der Waals surface area contributed by atoms with Gasteiger partial charge in [-0.3, -0.25) is 9.59 Å². The Bertz CT molecular complexity index is 638. The number of hydrogen-bond acceptors (Lipinski definition) is 6. The molecule has 0 heterocycles. The first kappa shape index (κ1) is 22.3. The molecule has 1 aromatic carbocycles. The van der Waals surface area contributed by atoms with Gasteiger partial charge < -0.3 is 25.8 Å². The summed E-state index contributed by atoms with van der Waals surface area (Å²) in [7, 11) is 1.27. The van der Waals surface area contributed by atoms with Crippen LogP contribution in [0.2, 0.25) is 0 Å². The number of carbonyl (C=O) groups excluding carboxylic acids is 3. The predicted octanol–water partition coefficient (Wildman–Crippen LogP) is 1.77. The molecule has 1 rings (SSSR count). The van der Waals surface area contributed by atoms with E-state index in [0.29, 0.717) is 18.7 Å². The number of nitrogens with two attached hydrogens (primary N) is 1. The van der Waals surface area contributed by atoms with Gasteiger partial charge in [0.1, 0.15) is 11.6 Å². The maximum Gasteiger partial charge on any atom is 0.408 e. The maximum absolute atomic E-state index is 12.4. The minimum Gasteiger partial charge on any atom is -0.469 e. The molecule has 8 nitrogen and oxygen atoms in total. The average molecular weight is 379 g/mol. The summed E-state index contributed by atoms with van der Waals surface area (Å²) in [6, 6.07) is 6.45. The van der Waals surface area contributed by atoms with Crippen molar-refractivity contribution in [3.05, 3.63) is 29.8 Å².